The van der Waals surface area contributed by atoms with Crippen LogP contribution in [0.4, 0.5) is 0 Å². The van der Waals surface area contributed by atoms with Crippen molar-refractivity contribution in [1.82, 2.24) is 10.6 Å². The molecule has 1 aromatic carbocycles. The van der Waals surface area contributed by atoms with Crippen LogP contribution in [0.3, 0.4) is 0 Å². The Morgan fingerprint density at radius 1 is 0.750 bits per heavy atom. The van der Waals surface area contributed by atoms with Gasteiger partial charge in [-0.05, 0) is 12.8 Å². The summed E-state index contributed by atoms with van der Waals surface area (Å²) in [4.78, 5) is 0. The third kappa shape index (κ3) is 1.60. The van der Waals surface area contributed by atoms with Gasteiger partial charge in [0.2, 0.25) is 0 Å². The number of benzene rings is 1. The highest BCUT2D eigenvalue weighted by Crippen LogP contribution is 2.26. The highest BCUT2D eigenvalue weighted by Gasteiger charge is 2.14. The molecule has 2 heterocycles. The Kier molecular flexibility index (Phi) is 2.41. The molecule has 0 unspecified atom stereocenters. The predicted octanol–water partition coefficient (Wildman–Crippen LogP) is 2.36. The first-order valence-corrected chi connectivity index (χ1v) is 5.93. The van der Waals surface area contributed by atoms with Crippen molar-refractivity contribution in [3.8, 4) is 0 Å². The molecule has 2 aliphatic rings. The van der Waals surface area contributed by atoms with E-state index in [0.29, 0.717) is 0 Å². The molecule has 0 aromatic heterocycles. The van der Waals surface area contributed by atoms with Gasteiger partial charge in [-0.2, -0.15) is 0 Å². The Morgan fingerprint density at radius 3 is 1.62 bits per heavy atom. The van der Waals surface area contributed by atoms with E-state index in [2.05, 4.69) is 47.1 Å². The molecular weight excluding hydrogens is 196 g/mol. The number of rotatable bonds is 2. The normalized spacial score (nSPS) is 18.8. The SMILES string of the molecule is C1=C(c2ccccc2C2=CCCN2)NCC1. The fraction of sp³-hybridized carbons (Fsp3) is 0.286. The zero-order chi connectivity index (χ0) is 10.8. The van der Waals surface area contributed by atoms with Gasteiger partial charge in [0.05, 0.1) is 0 Å². The molecule has 0 bridgehead atoms. The third-order valence-electron chi connectivity index (χ3n) is 3.12. The number of hydrogen-bond donors (Lipinski definition) is 2. The summed E-state index contributed by atoms with van der Waals surface area (Å²) in [5, 5.41) is 6.89. The first-order chi connectivity index (χ1) is 7.95. The Hall–Kier alpha value is -1.70. The Labute approximate surface area is 96.1 Å². The lowest BCUT2D eigenvalue weighted by Gasteiger charge is -2.12. The van der Waals surface area contributed by atoms with E-state index in [1.165, 1.54) is 22.5 Å². The lowest BCUT2D eigenvalue weighted by molar-refractivity contribution is 0.921. The molecule has 0 spiro atoms. The van der Waals surface area contributed by atoms with Crippen LogP contribution in [0.2, 0.25) is 0 Å². The van der Waals surface area contributed by atoms with E-state index >= 15 is 0 Å². The molecule has 0 saturated heterocycles. The third-order valence-corrected chi connectivity index (χ3v) is 3.12. The monoisotopic (exact) mass is 212 g/mol. The highest BCUT2D eigenvalue weighted by atomic mass is 14.9. The van der Waals surface area contributed by atoms with Crippen molar-refractivity contribution in [2.45, 2.75) is 12.8 Å². The Morgan fingerprint density at radius 2 is 1.25 bits per heavy atom. The van der Waals surface area contributed by atoms with E-state index in [1.54, 1.807) is 0 Å². The van der Waals surface area contributed by atoms with Gasteiger partial charge in [0.1, 0.15) is 0 Å². The largest absolute Gasteiger partial charge is 0.384 e. The fourth-order valence-electron chi connectivity index (χ4n) is 2.35. The maximum absolute atomic E-state index is 3.44. The summed E-state index contributed by atoms with van der Waals surface area (Å²) in [6.45, 7) is 2.13. The van der Waals surface area contributed by atoms with Crippen LogP contribution in [0.25, 0.3) is 11.4 Å². The van der Waals surface area contributed by atoms with Crippen molar-refractivity contribution in [3.05, 3.63) is 47.5 Å². The standard InChI is InChI=1S/C14H16N2/c1-2-6-12(14-8-4-10-16-14)11(5-1)13-7-3-9-15-13/h1-2,5-8,15-16H,3-4,9-10H2. The van der Waals surface area contributed by atoms with Crippen LogP contribution >= 0.6 is 0 Å². The first kappa shape index (κ1) is 9.52. The van der Waals surface area contributed by atoms with Crippen molar-refractivity contribution in [2.24, 2.45) is 0 Å². The van der Waals surface area contributed by atoms with Gasteiger partial charge in [-0.1, -0.05) is 36.4 Å². The van der Waals surface area contributed by atoms with Crippen LogP contribution in [0.1, 0.15) is 24.0 Å². The lowest BCUT2D eigenvalue weighted by atomic mass is 10.0. The van der Waals surface area contributed by atoms with Crippen molar-refractivity contribution < 1.29 is 0 Å². The van der Waals surface area contributed by atoms with Gasteiger partial charge in [-0.25, -0.2) is 0 Å². The lowest BCUT2D eigenvalue weighted by Crippen LogP contribution is -2.11. The second-order valence-electron chi connectivity index (χ2n) is 4.21. The summed E-state index contributed by atoms with van der Waals surface area (Å²) in [5.41, 5.74) is 5.21. The van der Waals surface area contributed by atoms with E-state index in [-0.39, 0.29) is 0 Å². The maximum atomic E-state index is 3.44. The van der Waals surface area contributed by atoms with E-state index in [0.717, 1.165) is 25.9 Å². The average molecular weight is 212 g/mol. The minimum Gasteiger partial charge on any atom is -0.384 e. The minimum atomic E-state index is 1.07. The molecular formula is C14H16N2. The van der Waals surface area contributed by atoms with Crippen molar-refractivity contribution in [1.29, 1.82) is 0 Å². The van der Waals surface area contributed by atoms with Crippen molar-refractivity contribution >= 4 is 11.4 Å². The zero-order valence-electron chi connectivity index (χ0n) is 9.29. The molecule has 0 saturated carbocycles. The molecule has 82 valence electrons. The molecule has 16 heavy (non-hydrogen) atoms. The summed E-state index contributed by atoms with van der Waals surface area (Å²) in [6, 6.07) is 8.60. The van der Waals surface area contributed by atoms with Crippen molar-refractivity contribution in [2.75, 3.05) is 13.1 Å². The first-order valence-electron chi connectivity index (χ1n) is 5.93. The summed E-state index contributed by atoms with van der Waals surface area (Å²) >= 11 is 0. The Balaban J connectivity index is 2.03. The summed E-state index contributed by atoms with van der Waals surface area (Å²) in [6.07, 6.45) is 6.84. The second-order valence-corrected chi connectivity index (χ2v) is 4.21. The number of hydrogen-bond acceptors (Lipinski definition) is 2. The molecule has 0 amide bonds. The van der Waals surface area contributed by atoms with Crippen LogP contribution in [-0.4, -0.2) is 13.1 Å². The smallest absolute Gasteiger partial charge is 0.0380 e. The van der Waals surface area contributed by atoms with Gasteiger partial charge < -0.3 is 10.6 Å². The molecule has 1 aromatic rings. The quantitative estimate of drug-likeness (QED) is 0.786. The zero-order valence-corrected chi connectivity index (χ0v) is 9.29. The van der Waals surface area contributed by atoms with Gasteiger partial charge in [-0.15, -0.1) is 0 Å². The van der Waals surface area contributed by atoms with Gasteiger partial charge in [0.25, 0.3) is 0 Å². The fourth-order valence-corrected chi connectivity index (χ4v) is 2.35. The molecule has 0 aliphatic carbocycles. The van der Waals surface area contributed by atoms with Crippen molar-refractivity contribution in [3.63, 3.8) is 0 Å². The molecule has 2 aliphatic heterocycles. The van der Waals surface area contributed by atoms with Crippen LogP contribution in [-0.2, 0) is 0 Å². The molecule has 0 fully saturated rings. The predicted molar refractivity (Wildman–Crippen MR) is 67.6 cm³/mol. The van der Waals surface area contributed by atoms with Gasteiger partial charge in [-0.3, -0.25) is 0 Å². The van der Waals surface area contributed by atoms with Gasteiger partial charge in [0, 0.05) is 35.6 Å². The van der Waals surface area contributed by atoms with E-state index in [1.807, 2.05) is 0 Å². The molecule has 0 atom stereocenters. The molecule has 2 heteroatoms. The maximum Gasteiger partial charge on any atom is 0.0380 e. The van der Waals surface area contributed by atoms with Gasteiger partial charge >= 0.3 is 0 Å². The average Bonchev–Trinajstić information content (AvgIpc) is 3.03. The topological polar surface area (TPSA) is 24.1 Å². The molecule has 3 rings (SSSR count). The summed E-state index contributed by atoms with van der Waals surface area (Å²) in [7, 11) is 0. The van der Waals surface area contributed by atoms with Crippen LogP contribution in [0.15, 0.2) is 36.4 Å². The molecule has 0 radical (unpaired) electrons. The minimum absolute atomic E-state index is 1.07. The van der Waals surface area contributed by atoms with E-state index in [9.17, 15) is 0 Å². The summed E-state index contributed by atoms with van der Waals surface area (Å²) < 4.78 is 0. The van der Waals surface area contributed by atoms with Gasteiger partial charge in [0.15, 0.2) is 0 Å². The van der Waals surface area contributed by atoms with E-state index < -0.39 is 0 Å². The molecule has 2 N–H and O–H groups in total. The second kappa shape index (κ2) is 4.05. The van der Waals surface area contributed by atoms with E-state index in [4.69, 9.17) is 0 Å². The Bertz CT molecular complexity index is 415. The molecule has 2 nitrogen and oxygen atoms in total. The number of nitrogens with one attached hydrogen (secondary N) is 2. The van der Waals surface area contributed by atoms with Crippen LogP contribution < -0.4 is 10.6 Å². The van der Waals surface area contributed by atoms with Crippen LogP contribution in [0.5, 0.6) is 0 Å². The highest BCUT2D eigenvalue weighted by molar-refractivity contribution is 5.79. The summed E-state index contributed by atoms with van der Waals surface area (Å²) in [5.74, 6) is 0. The van der Waals surface area contributed by atoms with Crippen LogP contribution in [0, 0.1) is 0 Å².